The van der Waals surface area contributed by atoms with Crippen molar-refractivity contribution in [1.29, 1.82) is 0 Å². The Bertz CT molecular complexity index is 436. The number of hydrogen-bond donors (Lipinski definition) is 1. The number of anilines is 2. The molecule has 0 bridgehead atoms. The summed E-state index contributed by atoms with van der Waals surface area (Å²) in [5.74, 6) is 0.517. The van der Waals surface area contributed by atoms with Gasteiger partial charge in [0.05, 0.1) is 16.0 Å². The molecule has 1 aromatic heterocycles. The summed E-state index contributed by atoms with van der Waals surface area (Å²) in [6.07, 6.45) is 2.24. The summed E-state index contributed by atoms with van der Waals surface area (Å²) in [7, 11) is 0. The van der Waals surface area contributed by atoms with E-state index in [0.29, 0.717) is 11.6 Å². The molecular weight excluding hydrogens is 174 g/mol. The van der Waals surface area contributed by atoms with Crippen LogP contribution in [0.15, 0.2) is 18.3 Å². The smallest absolute Gasteiger partial charge is 0.123 e. The fraction of sp³-hybridized carbons (Fsp3) is 0.545. The second kappa shape index (κ2) is 3.86. The van der Waals surface area contributed by atoms with Gasteiger partial charge in [-0.2, -0.15) is 0 Å². The first-order valence-corrected chi connectivity index (χ1v) is 4.99. The van der Waals surface area contributed by atoms with Crippen molar-refractivity contribution in [1.82, 2.24) is 4.98 Å². The average Bonchev–Trinajstić information content (AvgIpc) is 2.26. The number of nitrogens with zero attached hydrogens (tertiary/aromatic N) is 2. The molecule has 1 aliphatic heterocycles. The van der Waals surface area contributed by atoms with Gasteiger partial charge in [0.2, 0.25) is 0 Å². The second-order valence-corrected chi connectivity index (χ2v) is 3.90. The maximum atomic E-state index is 7.91. The molecule has 2 rings (SSSR count). The number of piperidine rings is 1. The summed E-state index contributed by atoms with van der Waals surface area (Å²) in [6.45, 7) is 3.81. The van der Waals surface area contributed by atoms with Gasteiger partial charge < -0.3 is 10.6 Å². The van der Waals surface area contributed by atoms with Crippen LogP contribution in [-0.4, -0.2) is 18.1 Å². The van der Waals surface area contributed by atoms with Crippen molar-refractivity contribution in [2.24, 2.45) is 5.92 Å². The lowest BCUT2D eigenvalue weighted by molar-refractivity contribution is 0.446. The zero-order valence-electron chi connectivity index (χ0n) is 11.4. The van der Waals surface area contributed by atoms with Gasteiger partial charge >= 0.3 is 0 Å². The van der Waals surface area contributed by atoms with Crippen LogP contribution in [-0.2, 0) is 0 Å². The van der Waals surface area contributed by atoms with Crippen molar-refractivity contribution in [2.75, 3.05) is 23.7 Å². The molecule has 2 heterocycles. The SMILES string of the molecule is [2H]c1nc(N)c([2H])c([2H])c1N1CCCC(C)C1. The van der Waals surface area contributed by atoms with E-state index in [1.165, 1.54) is 6.42 Å². The summed E-state index contributed by atoms with van der Waals surface area (Å²) in [6, 6.07) is -0.0502. The molecule has 1 aromatic rings. The van der Waals surface area contributed by atoms with Crippen LogP contribution in [0.3, 0.4) is 0 Å². The Hall–Kier alpha value is -1.25. The molecule has 0 radical (unpaired) electrons. The number of pyridine rings is 1. The molecule has 3 heteroatoms. The van der Waals surface area contributed by atoms with Crippen LogP contribution in [0.25, 0.3) is 0 Å². The van der Waals surface area contributed by atoms with Gasteiger partial charge in [-0.1, -0.05) is 6.92 Å². The lowest BCUT2D eigenvalue weighted by Crippen LogP contribution is -2.34. The Morgan fingerprint density at radius 1 is 1.64 bits per heavy atom. The van der Waals surface area contributed by atoms with E-state index in [0.717, 1.165) is 19.5 Å². The summed E-state index contributed by atoms with van der Waals surface area (Å²) >= 11 is 0. The van der Waals surface area contributed by atoms with E-state index in [9.17, 15) is 0 Å². The molecule has 1 unspecified atom stereocenters. The minimum Gasteiger partial charge on any atom is -0.384 e. The molecule has 1 fully saturated rings. The molecule has 76 valence electrons. The quantitative estimate of drug-likeness (QED) is 0.742. The van der Waals surface area contributed by atoms with Crippen LogP contribution < -0.4 is 10.6 Å². The molecule has 1 aliphatic rings. The highest BCUT2D eigenvalue weighted by Gasteiger charge is 2.16. The molecule has 0 aromatic carbocycles. The van der Waals surface area contributed by atoms with Crippen molar-refractivity contribution in [3.05, 3.63) is 18.3 Å². The van der Waals surface area contributed by atoms with Gasteiger partial charge in [-0.3, -0.25) is 0 Å². The van der Waals surface area contributed by atoms with Gasteiger partial charge in [0.15, 0.2) is 0 Å². The van der Waals surface area contributed by atoms with Gasteiger partial charge in [0.25, 0.3) is 0 Å². The Morgan fingerprint density at radius 3 is 3.29 bits per heavy atom. The Balaban J connectivity index is 2.41. The number of aromatic nitrogens is 1. The molecule has 3 nitrogen and oxygen atoms in total. The van der Waals surface area contributed by atoms with Crippen molar-refractivity contribution >= 4 is 11.5 Å². The Kier molecular flexibility index (Phi) is 1.73. The van der Waals surface area contributed by atoms with Gasteiger partial charge in [-0.15, -0.1) is 0 Å². The van der Waals surface area contributed by atoms with E-state index in [1.807, 2.05) is 4.90 Å². The first kappa shape index (κ1) is 6.27. The van der Waals surface area contributed by atoms with Crippen LogP contribution in [0.1, 0.15) is 23.9 Å². The number of nitrogens with two attached hydrogens (primary N) is 1. The van der Waals surface area contributed by atoms with E-state index in [-0.39, 0.29) is 24.1 Å². The molecular formula is C11H17N3. The fourth-order valence-electron chi connectivity index (χ4n) is 1.83. The van der Waals surface area contributed by atoms with E-state index in [2.05, 4.69) is 11.9 Å². The summed E-state index contributed by atoms with van der Waals surface area (Å²) in [5, 5.41) is 0. The predicted molar refractivity (Wildman–Crippen MR) is 59.3 cm³/mol. The fourth-order valence-corrected chi connectivity index (χ4v) is 1.83. The summed E-state index contributed by atoms with van der Waals surface area (Å²) in [5.41, 5.74) is 5.94. The monoisotopic (exact) mass is 194 g/mol. The van der Waals surface area contributed by atoms with Crippen LogP contribution in [0.4, 0.5) is 11.5 Å². The third-order valence-electron chi connectivity index (χ3n) is 2.56. The largest absolute Gasteiger partial charge is 0.384 e. The van der Waals surface area contributed by atoms with Crippen molar-refractivity contribution in [2.45, 2.75) is 19.8 Å². The molecule has 0 aliphatic carbocycles. The molecule has 1 saturated heterocycles. The highest BCUT2D eigenvalue weighted by Crippen LogP contribution is 2.22. The van der Waals surface area contributed by atoms with Crippen LogP contribution in [0.2, 0.25) is 0 Å². The molecule has 0 amide bonds. The molecule has 14 heavy (non-hydrogen) atoms. The molecule has 0 spiro atoms. The topological polar surface area (TPSA) is 42.1 Å². The van der Waals surface area contributed by atoms with Crippen molar-refractivity contribution < 1.29 is 4.11 Å². The van der Waals surface area contributed by atoms with E-state index >= 15 is 0 Å². The van der Waals surface area contributed by atoms with E-state index in [1.54, 1.807) is 0 Å². The number of hydrogen-bond acceptors (Lipinski definition) is 3. The first-order valence-electron chi connectivity index (χ1n) is 6.49. The molecule has 2 N–H and O–H groups in total. The van der Waals surface area contributed by atoms with Crippen molar-refractivity contribution in [3.8, 4) is 0 Å². The maximum absolute atomic E-state index is 7.91. The highest BCUT2D eigenvalue weighted by molar-refractivity contribution is 5.48. The second-order valence-electron chi connectivity index (χ2n) is 3.90. The van der Waals surface area contributed by atoms with E-state index < -0.39 is 0 Å². The third kappa shape index (κ3) is 1.97. The number of rotatable bonds is 1. The predicted octanol–water partition coefficient (Wildman–Crippen LogP) is 1.90. The minimum absolute atomic E-state index is 0.0117. The zero-order valence-corrected chi connectivity index (χ0v) is 8.38. The lowest BCUT2D eigenvalue weighted by atomic mass is 10.00. The molecule has 1 atom stereocenters. The third-order valence-corrected chi connectivity index (χ3v) is 2.56. The Labute approximate surface area is 89.1 Å². The highest BCUT2D eigenvalue weighted by atomic mass is 15.1. The normalized spacial score (nSPS) is 25.4. The first-order chi connectivity index (χ1) is 8.00. The van der Waals surface area contributed by atoms with Crippen LogP contribution in [0.5, 0.6) is 0 Å². The average molecular weight is 194 g/mol. The van der Waals surface area contributed by atoms with Gasteiger partial charge in [-0.05, 0) is 30.8 Å². The Morgan fingerprint density at radius 2 is 2.50 bits per heavy atom. The van der Waals surface area contributed by atoms with Gasteiger partial charge in [0, 0.05) is 13.1 Å². The zero-order chi connectivity index (χ0) is 12.6. The molecule has 0 saturated carbocycles. The maximum Gasteiger partial charge on any atom is 0.123 e. The van der Waals surface area contributed by atoms with Crippen LogP contribution >= 0.6 is 0 Å². The van der Waals surface area contributed by atoms with Crippen molar-refractivity contribution in [3.63, 3.8) is 0 Å². The number of nitrogen functional groups attached to an aromatic ring is 1. The van der Waals surface area contributed by atoms with E-state index in [4.69, 9.17) is 9.85 Å². The van der Waals surface area contributed by atoms with Crippen LogP contribution in [0, 0.1) is 5.92 Å². The summed E-state index contributed by atoms with van der Waals surface area (Å²) in [4.78, 5) is 5.82. The lowest BCUT2D eigenvalue weighted by Gasteiger charge is -2.32. The van der Waals surface area contributed by atoms with Gasteiger partial charge in [-0.25, -0.2) is 4.98 Å². The van der Waals surface area contributed by atoms with Gasteiger partial charge in [0.1, 0.15) is 5.82 Å². The summed E-state index contributed by atoms with van der Waals surface area (Å²) < 4.78 is 23.4. The standard InChI is InChI=1S/C11H17N3/c1-9-3-2-6-14(8-9)10-4-5-11(12)13-7-10/h4-5,7,9H,2-3,6,8H2,1H3,(H2,12,13)/i4D,5D,7D. The minimum atomic E-state index is -0.0748.